The molecule has 16 nitrogen and oxygen atoms in total. The molecule has 0 unspecified atom stereocenters. The lowest BCUT2D eigenvalue weighted by molar-refractivity contribution is -0.385. The smallest absolute Gasteiger partial charge is 0.277 e. The standard InChI is InChI=1S/C44H26N8O8/c53-49(54)36-13-5-1-9-30(36)34-23-29-22-27-18-17-25(45-27)21-26-19-20-28(46-26)24-35-40(31-10-2-6-14-37(31)50(55)56)41(32-11-3-7-15-38(32)51(57)58)44(48-35)42(43(34)47-29)33-12-4-8-16-39(33)52(59)60/h1-24,45,48H. The SMILES string of the molecule is O=[N+]([O-])c1ccccc1C1=Cc2cc3ccc(cc4nc(cc5[nH]c(c(-c6ccccc6[N+](=O)[O-])c1n2)c(-c1ccccc1[N+](=O)[O-])c5-c1ccccc1[N+](=O)[O-])C=C4)[nH]3. The van der Waals surface area contributed by atoms with Crippen LogP contribution in [0.1, 0.15) is 28.3 Å². The minimum absolute atomic E-state index is 0.000304. The van der Waals surface area contributed by atoms with E-state index in [1.54, 1.807) is 54.6 Å². The van der Waals surface area contributed by atoms with Crippen molar-refractivity contribution in [1.29, 1.82) is 0 Å². The van der Waals surface area contributed by atoms with Crippen molar-refractivity contribution in [3.8, 4) is 33.4 Å². The van der Waals surface area contributed by atoms with E-state index in [0.717, 1.165) is 0 Å². The lowest BCUT2D eigenvalue weighted by Gasteiger charge is -2.13. The molecule has 60 heavy (non-hydrogen) atoms. The van der Waals surface area contributed by atoms with Gasteiger partial charge in [0.25, 0.3) is 22.7 Å². The largest absolute Gasteiger partial charge is 0.355 e. The molecule has 0 radical (unpaired) electrons. The van der Waals surface area contributed by atoms with E-state index in [0.29, 0.717) is 28.1 Å². The molecule has 9 rings (SSSR count). The van der Waals surface area contributed by atoms with Gasteiger partial charge in [-0.3, -0.25) is 40.5 Å². The first kappa shape index (κ1) is 36.7. The van der Waals surface area contributed by atoms with Gasteiger partial charge in [0.15, 0.2) is 0 Å². The molecule has 5 heterocycles. The molecule has 8 bridgehead atoms. The normalized spacial score (nSPS) is 11.9. The first-order valence-electron chi connectivity index (χ1n) is 18.2. The summed E-state index contributed by atoms with van der Waals surface area (Å²) in [5.41, 5.74) is 2.26. The molecule has 2 aliphatic rings. The van der Waals surface area contributed by atoms with Crippen LogP contribution >= 0.6 is 0 Å². The van der Waals surface area contributed by atoms with E-state index in [2.05, 4.69) is 9.97 Å². The van der Waals surface area contributed by atoms with E-state index in [9.17, 15) is 40.5 Å². The topological polar surface area (TPSA) is 230 Å². The molecular weight excluding hydrogens is 769 g/mol. The Morgan fingerprint density at radius 1 is 0.433 bits per heavy atom. The van der Waals surface area contributed by atoms with E-state index in [4.69, 9.17) is 9.97 Å². The van der Waals surface area contributed by atoms with Gasteiger partial charge in [0.05, 0.1) is 70.2 Å². The number of aromatic amines is 2. The fraction of sp³-hybridized carbons (Fsp3) is 0. The van der Waals surface area contributed by atoms with Crippen LogP contribution in [0.5, 0.6) is 0 Å². The molecular formula is C44H26N8O8. The second kappa shape index (κ2) is 14.5. The lowest BCUT2D eigenvalue weighted by Crippen LogP contribution is -1.99. The van der Waals surface area contributed by atoms with Gasteiger partial charge in [0, 0.05) is 63.1 Å². The predicted molar refractivity (Wildman–Crippen MR) is 226 cm³/mol. The Morgan fingerprint density at radius 2 is 0.867 bits per heavy atom. The van der Waals surface area contributed by atoms with Gasteiger partial charge in [-0.05, 0) is 72.8 Å². The molecule has 4 aromatic carbocycles. The molecule has 0 atom stereocenters. The second-order valence-corrected chi connectivity index (χ2v) is 13.7. The number of hydrogen-bond acceptors (Lipinski definition) is 10. The summed E-state index contributed by atoms with van der Waals surface area (Å²) in [6.07, 6.45) is 5.14. The summed E-state index contributed by atoms with van der Waals surface area (Å²) in [7, 11) is 0. The van der Waals surface area contributed by atoms with E-state index >= 15 is 0 Å². The van der Waals surface area contributed by atoms with Gasteiger partial charge in [0.2, 0.25) is 0 Å². The molecule has 16 heteroatoms. The molecule has 2 aliphatic heterocycles. The Labute approximate surface area is 337 Å². The van der Waals surface area contributed by atoms with Gasteiger partial charge in [-0.2, -0.15) is 0 Å². The maximum atomic E-state index is 12.9. The lowest BCUT2D eigenvalue weighted by atomic mass is 9.89. The highest BCUT2D eigenvalue weighted by Gasteiger charge is 2.33. The van der Waals surface area contributed by atoms with Crippen molar-refractivity contribution in [2.24, 2.45) is 0 Å². The van der Waals surface area contributed by atoms with Gasteiger partial charge in [-0.15, -0.1) is 0 Å². The van der Waals surface area contributed by atoms with Crippen LogP contribution in [0.15, 0.2) is 127 Å². The summed E-state index contributed by atoms with van der Waals surface area (Å²) in [5.74, 6) is 0. The Kier molecular flexibility index (Phi) is 8.90. The zero-order valence-electron chi connectivity index (χ0n) is 30.8. The third-order valence-corrected chi connectivity index (χ3v) is 10.1. The molecule has 290 valence electrons. The molecule has 0 saturated carbocycles. The molecule has 0 fully saturated rings. The Hall–Kier alpha value is -8.92. The van der Waals surface area contributed by atoms with Crippen molar-refractivity contribution < 1.29 is 19.7 Å². The summed E-state index contributed by atoms with van der Waals surface area (Å²) < 4.78 is 0. The molecule has 0 spiro atoms. The van der Waals surface area contributed by atoms with Crippen LogP contribution in [0.2, 0.25) is 0 Å². The number of benzene rings is 4. The summed E-state index contributed by atoms with van der Waals surface area (Å²) in [6.45, 7) is 0. The van der Waals surface area contributed by atoms with Crippen LogP contribution in [0.3, 0.4) is 0 Å². The fourth-order valence-electron chi connectivity index (χ4n) is 7.67. The Morgan fingerprint density at radius 3 is 1.40 bits per heavy atom. The zero-order valence-corrected chi connectivity index (χ0v) is 30.8. The van der Waals surface area contributed by atoms with Gasteiger partial charge < -0.3 is 9.97 Å². The number of nitro groups is 4. The van der Waals surface area contributed by atoms with E-state index in [1.165, 1.54) is 72.8 Å². The minimum atomic E-state index is -0.587. The van der Waals surface area contributed by atoms with E-state index < -0.39 is 19.7 Å². The average Bonchev–Trinajstić information content (AvgIpc) is 4.05. The second-order valence-electron chi connectivity index (χ2n) is 13.7. The summed E-state index contributed by atoms with van der Waals surface area (Å²) in [6, 6.07) is 32.4. The van der Waals surface area contributed by atoms with Crippen LogP contribution < -0.4 is 0 Å². The van der Waals surface area contributed by atoms with Crippen molar-refractivity contribution >= 4 is 68.6 Å². The number of nitrogens with one attached hydrogen (secondary N) is 2. The number of nitrogens with zero attached hydrogens (tertiary/aromatic N) is 6. The Balaban J connectivity index is 1.62. The summed E-state index contributed by atoms with van der Waals surface area (Å²) in [5, 5.41) is 51.2. The van der Waals surface area contributed by atoms with E-state index in [1.807, 2.05) is 18.2 Å². The molecule has 7 aromatic rings. The summed E-state index contributed by atoms with van der Waals surface area (Å²) in [4.78, 5) is 65.4. The first-order chi connectivity index (χ1) is 29.0. The third kappa shape index (κ3) is 6.41. The number of nitro benzene ring substituents is 4. The molecule has 0 saturated heterocycles. The average molecular weight is 795 g/mol. The minimum Gasteiger partial charge on any atom is -0.355 e. The zero-order chi connectivity index (χ0) is 41.7. The Bertz CT molecular complexity index is 3260. The molecule has 0 amide bonds. The van der Waals surface area contributed by atoms with Crippen LogP contribution in [0.4, 0.5) is 22.7 Å². The number of rotatable bonds is 8. The predicted octanol–water partition coefficient (Wildman–Crippen LogP) is 10.7. The van der Waals surface area contributed by atoms with Gasteiger partial charge in [0.1, 0.15) is 0 Å². The van der Waals surface area contributed by atoms with E-state index in [-0.39, 0.29) is 84.0 Å². The molecule has 3 aromatic heterocycles. The quantitative estimate of drug-likeness (QED) is 0.109. The number of aromatic nitrogens is 4. The maximum Gasteiger partial charge on any atom is 0.277 e. The molecule has 0 aliphatic carbocycles. The van der Waals surface area contributed by atoms with Gasteiger partial charge in [-0.1, -0.05) is 48.5 Å². The van der Waals surface area contributed by atoms with Crippen molar-refractivity contribution in [3.05, 3.63) is 196 Å². The van der Waals surface area contributed by atoms with Gasteiger partial charge >= 0.3 is 0 Å². The highest BCUT2D eigenvalue weighted by Crippen LogP contribution is 2.50. The number of fused-ring (bicyclic) bond motifs is 8. The summed E-state index contributed by atoms with van der Waals surface area (Å²) >= 11 is 0. The highest BCUT2D eigenvalue weighted by molar-refractivity contribution is 6.13. The monoisotopic (exact) mass is 794 g/mol. The van der Waals surface area contributed by atoms with Gasteiger partial charge in [-0.25, -0.2) is 9.97 Å². The first-order valence-corrected chi connectivity index (χ1v) is 18.2. The third-order valence-electron chi connectivity index (χ3n) is 10.1. The van der Waals surface area contributed by atoms with Crippen molar-refractivity contribution in [2.45, 2.75) is 0 Å². The van der Waals surface area contributed by atoms with Crippen molar-refractivity contribution in [1.82, 2.24) is 19.9 Å². The molecule has 2 N–H and O–H groups in total. The van der Waals surface area contributed by atoms with Crippen LogP contribution in [0, 0.1) is 40.5 Å². The van der Waals surface area contributed by atoms with Crippen LogP contribution in [0.25, 0.3) is 79.2 Å². The van der Waals surface area contributed by atoms with Crippen LogP contribution in [-0.2, 0) is 0 Å². The van der Waals surface area contributed by atoms with Crippen LogP contribution in [-0.4, -0.2) is 39.6 Å². The maximum absolute atomic E-state index is 12.9. The van der Waals surface area contributed by atoms with Crippen molar-refractivity contribution in [3.63, 3.8) is 0 Å². The number of para-hydroxylation sites is 4. The van der Waals surface area contributed by atoms with Crippen molar-refractivity contribution in [2.75, 3.05) is 0 Å². The number of hydrogen-bond donors (Lipinski definition) is 2. The number of H-pyrrole nitrogens is 2. The highest BCUT2D eigenvalue weighted by atomic mass is 16.6. The fourth-order valence-corrected chi connectivity index (χ4v) is 7.67.